The Morgan fingerprint density at radius 2 is 1.69 bits per heavy atom. The predicted molar refractivity (Wildman–Crippen MR) is 72.0 cm³/mol. The molecule has 0 aliphatic heterocycles. The molecule has 2 heteroatoms. The molecule has 0 bridgehead atoms. The van der Waals surface area contributed by atoms with Crippen LogP contribution in [0.2, 0.25) is 0 Å². The molecular weight excluding hydrogens is 198 g/mol. The van der Waals surface area contributed by atoms with Crippen LogP contribution in [0.25, 0.3) is 0 Å². The molecule has 0 amide bonds. The predicted octanol–water partition coefficient (Wildman–Crippen LogP) is 3.75. The smallest absolute Gasteiger partial charge is 0.0619 e. The third kappa shape index (κ3) is 10.4. The molecule has 1 unspecified atom stereocenters. The van der Waals surface area contributed by atoms with Crippen molar-refractivity contribution in [3.63, 3.8) is 0 Å². The molecule has 1 N–H and O–H groups in total. The maximum atomic E-state index is 5.61. The van der Waals surface area contributed by atoms with Crippen LogP contribution < -0.4 is 5.32 Å². The van der Waals surface area contributed by atoms with Gasteiger partial charge < -0.3 is 10.1 Å². The monoisotopic (exact) mass is 229 g/mol. The zero-order valence-electron chi connectivity index (χ0n) is 11.6. The number of nitrogens with one attached hydrogen (secondary N) is 1. The summed E-state index contributed by atoms with van der Waals surface area (Å²) in [7, 11) is 0. The summed E-state index contributed by atoms with van der Waals surface area (Å²) in [6.07, 6.45) is 9.22. The van der Waals surface area contributed by atoms with E-state index in [2.05, 4.69) is 26.1 Å². The Bertz CT molecular complexity index is 128. The lowest BCUT2D eigenvalue weighted by Gasteiger charge is -2.17. The SMILES string of the molecule is CCCCCCCC(COCCC)NCC. The van der Waals surface area contributed by atoms with E-state index in [1.807, 2.05) is 0 Å². The fourth-order valence-corrected chi connectivity index (χ4v) is 1.90. The minimum absolute atomic E-state index is 0.568. The lowest BCUT2D eigenvalue weighted by atomic mass is 10.1. The van der Waals surface area contributed by atoms with Crippen LogP contribution in [-0.4, -0.2) is 25.8 Å². The van der Waals surface area contributed by atoms with Gasteiger partial charge in [0, 0.05) is 12.6 Å². The fourth-order valence-electron chi connectivity index (χ4n) is 1.90. The summed E-state index contributed by atoms with van der Waals surface area (Å²) in [6.45, 7) is 9.43. The van der Waals surface area contributed by atoms with E-state index >= 15 is 0 Å². The van der Waals surface area contributed by atoms with Crippen LogP contribution in [-0.2, 0) is 4.74 Å². The summed E-state index contributed by atoms with van der Waals surface area (Å²) in [4.78, 5) is 0. The minimum atomic E-state index is 0.568. The molecular formula is C14H31NO. The average Bonchev–Trinajstić information content (AvgIpc) is 2.29. The number of hydrogen-bond acceptors (Lipinski definition) is 2. The number of rotatable bonds is 12. The van der Waals surface area contributed by atoms with Crippen LogP contribution in [0.3, 0.4) is 0 Å². The topological polar surface area (TPSA) is 21.3 Å². The second kappa shape index (κ2) is 13.0. The third-order valence-electron chi connectivity index (χ3n) is 2.82. The van der Waals surface area contributed by atoms with Crippen molar-refractivity contribution in [3.8, 4) is 0 Å². The van der Waals surface area contributed by atoms with Crippen LogP contribution >= 0.6 is 0 Å². The summed E-state index contributed by atoms with van der Waals surface area (Å²) < 4.78 is 5.61. The third-order valence-corrected chi connectivity index (χ3v) is 2.82. The zero-order chi connectivity index (χ0) is 12.1. The van der Waals surface area contributed by atoms with Crippen molar-refractivity contribution in [3.05, 3.63) is 0 Å². The molecule has 1 atom stereocenters. The molecule has 0 rings (SSSR count). The Kier molecular flexibility index (Phi) is 12.9. The maximum absolute atomic E-state index is 5.61. The van der Waals surface area contributed by atoms with E-state index in [4.69, 9.17) is 4.74 Å². The molecule has 2 nitrogen and oxygen atoms in total. The summed E-state index contributed by atoms with van der Waals surface area (Å²) >= 11 is 0. The second-order valence-electron chi connectivity index (χ2n) is 4.53. The van der Waals surface area contributed by atoms with Crippen molar-refractivity contribution < 1.29 is 4.74 Å². The Hall–Kier alpha value is -0.0800. The van der Waals surface area contributed by atoms with E-state index in [1.54, 1.807) is 0 Å². The highest BCUT2D eigenvalue weighted by Gasteiger charge is 2.06. The fraction of sp³-hybridized carbons (Fsp3) is 1.00. The van der Waals surface area contributed by atoms with Crippen LogP contribution in [0, 0.1) is 0 Å². The highest BCUT2D eigenvalue weighted by Crippen LogP contribution is 2.07. The first-order chi connectivity index (χ1) is 7.85. The highest BCUT2D eigenvalue weighted by atomic mass is 16.5. The normalized spacial score (nSPS) is 12.9. The van der Waals surface area contributed by atoms with Gasteiger partial charge in [0.2, 0.25) is 0 Å². The van der Waals surface area contributed by atoms with Crippen molar-refractivity contribution in [2.75, 3.05) is 19.8 Å². The number of unbranched alkanes of at least 4 members (excludes halogenated alkanes) is 4. The van der Waals surface area contributed by atoms with Gasteiger partial charge in [0.1, 0.15) is 0 Å². The molecule has 0 heterocycles. The molecule has 0 aromatic carbocycles. The molecule has 0 saturated carbocycles. The number of hydrogen-bond donors (Lipinski definition) is 1. The van der Waals surface area contributed by atoms with Crippen LogP contribution in [0.5, 0.6) is 0 Å². The van der Waals surface area contributed by atoms with Crippen molar-refractivity contribution in [2.24, 2.45) is 0 Å². The zero-order valence-corrected chi connectivity index (χ0v) is 11.6. The largest absolute Gasteiger partial charge is 0.380 e. The van der Waals surface area contributed by atoms with Crippen molar-refractivity contribution in [1.82, 2.24) is 5.32 Å². The molecule has 0 aliphatic rings. The van der Waals surface area contributed by atoms with Crippen molar-refractivity contribution in [2.45, 2.75) is 71.8 Å². The number of ether oxygens (including phenoxy) is 1. The van der Waals surface area contributed by atoms with Crippen LogP contribution in [0.15, 0.2) is 0 Å². The quantitative estimate of drug-likeness (QED) is 0.515. The Morgan fingerprint density at radius 1 is 0.938 bits per heavy atom. The van der Waals surface area contributed by atoms with Gasteiger partial charge in [0.25, 0.3) is 0 Å². The van der Waals surface area contributed by atoms with E-state index in [-0.39, 0.29) is 0 Å². The second-order valence-corrected chi connectivity index (χ2v) is 4.53. The van der Waals surface area contributed by atoms with E-state index in [0.29, 0.717) is 6.04 Å². The molecule has 98 valence electrons. The molecule has 0 spiro atoms. The van der Waals surface area contributed by atoms with Crippen molar-refractivity contribution >= 4 is 0 Å². The molecule has 0 aliphatic carbocycles. The lowest BCUT2D eigenvalue weighted by Crippen LogP contribution is -2.33. The first kappa shape index (κ1) is 15.9. The van der Waals surface area contributed by atoms with Gasteiger partial charge in [-0.1, -0.05) is 52.9 Å². The van der Waals surface area contributed by atoms with Gasteiger partial charge in [-0.3, -0.25) is 0 Å². The lowest BCUT2D eigenvalue weighted by molar-refractivity contribution is 0.109. The van der Waals surface area contributed by atoms with Gasteiger partial charge in [0.15, 0.2) is 0 Å². The average molecular weight is 229 g/mol. The molecule has 16 heavy (non-hydrogen) atoms. The Morgan fingerprint density at radius 3 is 2.31 bits per heavy atom. The molecule has 0 saturated heterocycles. The van der Waals surface area contributed by atoms with Gasteiger partial charge in [-0.2, -0.15) is 0 Å². The molecule has 0 fully saturated rings. The van der Waals surface area contributed by atoms with Gasteiger partial charge >= 0.3 is 0 Å². The standard InChI is InChI=1S/C14H31NO/c1-4-7-8-9-10-11-14(15-6-3)13-16-12-5-2/h14-15H,4-13H2,1-3H3. The Balaban J connectivity index is 3.43. The van der Waals surface area contributed by atoms with E-state index in [0.717, 1.165) is 26.2 Å². The van der Waals surface area contributed by atoms with Gasteiger partial charge in [-0.05, 0) is 19.4 Å². The first-order valence-electron chi connectivity index (χ1n) is 7.16. The molecule has 0 radical (unpaired) electrons. The van der Waals surface area contributed by atoms with E-state index < -0.39 is 0 Å². The Labute approximate surface area is 102 Å². The first-order valence-corrected chi connectivity index (χ1v) is 7.16. The van der Waals surface area contributed by atoms with Crippen LogP contribution in [0.1, 0.15) is 65.7 Å². The van der Waals surface area contributed by atoms with E-state index in [9.17, 15) is 0 Å². The summed E-state index contributed by atoms with van der Waals surface area (Å²) in [5.74, 6) is 0. The van der Waals surface area contributed by atoms with Crippen LogP contribution in [0.4, 0.5) is 0 Å². The van der Waals surface area contributed by atoms with Gasteiger partial charge in [-0.25, -0.2) is 0 Å². The molecule has 0 aromatic rings. The van der Waals surface area contributed by atoms with Crippen molar-refractivity contribution in [1.29, 1.82) is 0 Å². The summed E-state index contributed by atoms with van der Waals surface area (Å²) in [6, 6.07) is 0.568. The summed E-state index contributed by atoms with van der Waals surface area (Å²) in [5.41, 5.74) is 0. The highest BCUT2D eigenvalue weighted by molar-refractivity contribution is 4.65. The molecule has 0 aromatic heterocycles. The summed E-state index contributed by atoms with van der Waals surface area (Å²) in [5, 5.41) is 3.51. The minimum Gasteiger partial charge on any atom is -0.380 e. The van der Waals surface area contributed by atoms with Gasteiger partial charge in [-0.15, -0.1) is 0 Å². The van der Waals surface area contributed by atoms with Gasteiger partial charge in [0.05, 0.1) is 6.61 Å². The van der Waals surface area contributed by atoms with E-state index in [1.165, 1.54) is 38.5 Å². The maximum Gasteiger partial charge on any atom is 0.0619 e. The number of likely N-dealkylation sites (N-methyl/N-ethyl adjacent to an activating group) is 1.